The summed E-state index contributed by atoms with van der Waals surface area (Å²) in [4.78, 5) is 0. The third-order valence-corrected chi connectivity index (χ3v) is 3.86. The molecule has 88 valence electrons. The summed E-state index contributed by atoms with van der Waals surface area (Å²) in [5, 5.41) is 0.224. The van der Waals surface area contributed by atoms with Crippen LogP contribution in [0.5, 0.6) is 0 Å². The van der Waals surface area contributed by atoms with Crippen molar-refractivity contribution in [3.05, 3.63) is 34.6 Å². The fraction of sp³-hybridized carbons (Fsp3) is 0.571. The fourth-order valence-electron chi connectivity index (χ4n) is 2.54. The van der Waals surface area contributed by atoms with Gasteiger partial charge in [-0.25, -0.2) is 4.39 Å². The van der Waals surface area contributed by atoms with Gasteiger partial charge >= 0.3 is 0 Å². The third-order valence-electron chi connectivity index (χ3n) is 3.55. The van der Waals surface area contributed by atoms with Gasteiger partial charge in [0, 0.05) is 0 Å². The number of aryl methyl sites for hydroxylation is 1. The highest BCUT2D eigenvalue weighted by Gasteiger charge is 2.13. The zero-order valence-electron chi connectivity index (χ0n) is 9.52. The zero-order valence-corrected chi connectivity index (χ0v) is 10.3. The first-order valence-corrected chi connectivity index (χ1v) is 6.57. The molecule has 0 N–H and O–H groups in total. The normalized spacial score (nSPS) is 17.6. The highest BCUT2D eigenvalue weighted by molar-refractivity contribution is 6.30. The summed E-state index contributed by atoms with van der Waals surface area (Å²) >= 11 is 5.65. The molecular weight excluding hydrogens is 223 g/mol. The van der Waals surface area contributed by atoms with Crippen LogP contribution in [0.1, 0.15) is 44.1 Å². The van der Waals surface area contributed by atoms with Gasteiger partial charge in [-0.2, -0.15) is 0 Å². The smallest absolute Gasteiger partial charge is 0.142 e. The number of rotatable bonds is 3. The Morgan fingerprint density at radius 2 is 1.94 bits per heavy atom. The van der Waals surface area contributed by atoms with E-state index >= 15 is 0 Å². The third kappa shape index (κ3) is 3.21. The quantitative estimate of drug-likeness (QED) is 0.698. The Morgan fingerprint density at radius 1 is 1.19 bits per heavy atom. The lowest BCUT2D eigenvalue weighted by atomic mass is 9.85. The molecule has 0 amide bonds. The molecule has 0 atom stereocenters. The molecule has 1 saturated carbocycles. The molecule has 0 spiro atoms. The first-order chi connectivity index (χ1) is 7.75. The molecule has 0 nitrogen and oxygen atoms in total. The van der Waals surface area contributed by atoms with Gasteiger partial charge in [-0.05, 0) is 36.5 Å². The van der Waals surface area contributed by atoms with Crippen LogP contribution in [0.4, 0.5) is 4.39 Å². The van der Waals surface area contributed by atoms with Gasteiger partial charge in [0.2, 0.25) is 0 Å². The molecule has 0 bridgehead atoms. The second-order valence-corrected chi connectivity index (χ2v) is 5.20. The Labute approximate surface area is 102 Å². The lowest BCUT2D eigenvalue weighted by molar-refractivity contribution is 0.339. The van der Waals surface area contributed by atoms with Crippen LogP contribution in [-0.4, -0.2) is 0 Å². The topological polar surface area (TPSA) is 0 Å². The molecule has 0 unspecified atom stereocenters. The summed E-state index contributed by atoms with van der Waals surface area (Å²) in [5.74, 6) is 0.565. The Balaban J connectivity index is 1.86. The van der Waals surface area contributed by atoms with Crippen molar-refractivity contribution in [2.24, 2.45) is 5.92 Å². The summed E-state index contributed by atoms with van der Waals surface area (Å²) in [7, 11) is 0. The van der Waals surface area contributed by atoms with Crippen LogP contribution >= 0.6 is 11.6 Å². The van der Waals surface area contributed by atoms with Gasteiger partial charge in [0.15, 0.2) is 0 Å². The van der Waals surface area contributed by atoms with E-state index in [0.29, 0.717) is 0 Å². The van der Waals surface area contributed by atoms with E-state index < -0.39 is 0 Å². The van der Waals surface area contributed by atoms with Crippen molar-refractivity contribution in [1.29, 1.82) is 0 Å². The monoisotopic (exact) mass is 240 g/mol. The van der Waals surface area contributed by atoms with Crippen LogP contribution in [0.2, 0.25) is 5.02 Å². The van der Waals surface area contributed by atoms with Gasteiger partial charge in [-0.1, -0.05) is 49.8 Å². The van der Waals surface area contributed by atoms with Crippen molar-refractivity contribution in [3.8, 4) is 0 Å². The average molecular weight is 241 g/mol. The van der Waals surface area contributed by atoms with Crippen LogP contribution in [0.3, 0.4) is 0 Å². The minimum absolute atomic E-state index is 0.224. The van der Waals surface area contributed by atoms with E-state index in [1.165, 1.54) is 38.5 Å². The molecule has 16 heavy (non-hydrogen) atoms. The van der Waals surface area contributed by atoms with E-state index in [-0.39, 0.29) is 10.8 Å². The minimum Gasteiger partial charge on any atom is -0.205 e. The van der Waals surface area contributed by atoms with Crippen LogP contribution in [0, 0.1) is 11.7 Å². The average Bonchev–Trinajstić information content (AvgIpc) is 2.32. The molecule has 0 aromatic heterocycles. The Morgan fingerprint density at radius 3 is 2.62 bits per heavy atom. The molecule has 0 saturated heterocycles. The van der Waals surface area contributed by atoms with Crippen LogP contribution in [-0.2, 0) is 6.42 Å². The molecule has 1 fully saturated rings. The van der Waals surface area contributed by atoms with Crippen molar-refractivity contribution in [1.82, 2.24) is 0 Å². The molecule has 0 radical (unpaired) electrons. The van der Waals surface area contributed by atoms with Crippen LogP contribution < -0.4 is 0 Å². The van der Waals surface area contributed by atoms with Gasteiger partial charge in [0.05, 0.1) is 5.02 Å². The van der Waals surface area contributed by atoms with Crippen molar-refractivity contribution in [2.45, 2.75) is 44.9 Å². The van der Waals surface area contributed by atoms with Gasteiger partial charge in [0.1, 0.15) is 5.82 Å². The molecule has 1 aromatic rings. The van der Waals surface area contributed by atoms with E-state index in [4.69, 9.17) is 11.6 Å². The number of halogens is 2. The second-order valence-electron chi connectivity index (χ2n) is 4.79. The Hall–Kier alpha value is -0.560. The lowest BCUT2D eigenvalue weighted by Crippen LogP contribution is -2.07. The molecule has 1 aromatic carbocycles. The van der Waals surface area contributed by atoms with E-state index in [9.17, 15) is 4.39 Å². The standard InChI is InChI=1S/C14H18ClF/c15-13-9-8-12(10-14(13)16)7-6-11-4-2-1-3-5-11/h8-11H,1-7H2. The summed E-state index contributed by atoms with van der Waals surface area (Å²) in [6, 6.07) is 5.17. The Kier molecular flexibility index (Phi) is 4.22. The maximum Gasteiger partial charge on any atom is 0.142 e. The molecule has 0 heterocycles. The number of benzene rings is 1. The van der Waals surface area contributed by atoms with E-state index in [0.717, 1.165) is 17.9 Å². The highest BCUT2D eigenvalue weighted by atomic mass is 35.5. The van der Waals surface area contributed by atoms with Gasteiger partial charge in [-0.15, -0.1) is 0 Å². The van der Waals surface area contributed by atoms with Crippen molar-refractivity contribution >= 4 is 11.6 Å². The predicted octanol–water partition coefficient (Wildman–Crippen LogP) is 4.99. The number of hydrogen-bond acceptors (Lipinski definition) is 0. The van der Waals surface area contributed by atoms with Gasteiger partial charge in [0.25, 0.3) is 0 Å². The highest BCUT2D eigenvalue weighted by Crippen LogP contribution is 2.27. The van der Waals surface area contributed by atoms with E-state index in [1.54, 1.807) is 12.1 Å². The van der Waals surface area contributed by atoms with Gasteiger partial charge < -0.3 is 0 Å². The first-order valence-electron chi connectivity index (χ1n) is 6.19. The SMILES string of the molecule is Fc1cc(CCC2CCCCC2)ccc1Cl. The van der Waals surface area contributed by atoms with Crippen molar-refractivity contribution in [3.63, 3.8) is 0 Å². The lowest BCUT2D eigenvalue weighted by Gasteiger charge is -2.21. The van der Waals surface area contributed by atoms with Crippen molar-refractivity contribution < 1.29 is 4.39 Å². The van der Waals surface area contributed by atoms with Crippen LogP contribution in [0.25, 0.3) is 0 Å². The predicted molar refractivity (Wildman–Crippen MR) is 66.3 cm³/mol. The maximum atomic E-state index is 13.2. The van der Waals surface area contributed by atoms with E-state index in [2.05, 4.69) is 0 Å². The molecule has 2 rings (SSSR count). The van der Waals surface area contributed by atoms with Crippen LogP contribution in [0.15, 0.2) is 18.2 Å². The molecule has 1 aliphatic rings. The zero-order chi connectivity index (χ0) is 11.4. The summed E-state index contributed by atoms with van der Waals surface area (Å²) in [6.07, 6.45) is 9.04. The minimum atomic E-state index is -0.289. The van der Waals surface area contributed by atoms with Gasteiger partial charge in [-0.3, -0.25) is 0 Å². The van der Waals surface area contributed by atoms with E-state index in [1.807, 2.05) is 6.07 Å². The fourth-order valence-corrected chi connectivity index (χ4v) is 2.66. The summed E-state index contributed by atoms with van der Waals surface area (Å²) in [5.41, 5.74) is 1.08. The maximum absolute atomic E-state index is 13.2. The number of hydrogen-bond donors (Lipinski definition) is 0. The largest absolute Gasteiger partial charge is 0.205 e. The summed E-state index contributed by atoms with van der Waals surface area (Å²) < 4.78 is 13.2. The summed E-state index contributed by atoms with van der Waals surface area (Å²) in [6.45, 7) is 0. The molecule has 2 heteroatoms. The Bertz CT molecular complexity index is 343. The molecular formula is C14H18ClF. The second kappa shape index (κ2) is 5.67. The molecule has 1 aliphatic carbocycles. The first kappa shape index (κ1) is 11.9. The molecule has 0 aliphatic heterocycles. The van der Waals surface area contributed by atoms with Crippen molar-refractivity contribution in [2.75, 3.05) is 0 Å².